The molecule has 0 bridgehead atoms. The van der Waals surface area contributed by atoms with Crippen LogP contribution in [0.25, 0.3) is 0 Å². The molecule has 1 aliphatic rings. The molecule has 0 atom stereocenters. The van der Waals surface area contributed by atoms with Crippen LogP contribution in [0.4, 0.5) is 45.5 Å². The third-order valence-electron chi connectivity index (χ3n) is 15.9. The van der Waals surface area contributed by atoms with Gasteiger partial charge in [-0.25, -0.2) is 0 Å². The van der Waals surface area contributed by atoms with Gasteiger partial charge in [0.25, 0.3) is 5.91 Å². The van der Waals surface area contributed by atoms with Crippen LogP contribution < -0.4 is 42.5 Å². The first kappa shape index (κ1) is 99.0. The van der Waals surface area contributed by atoms with Crippen LogP contribution in [0.1, 0.15) is 76.8 Å². The molecule has 9 aromatic carbocycles. The minimum absolute atomic E-state index is 0.0128. The van der Waals surface area contributed by atoms with Crippen LogP contribution in [0.15, 0.2) is 224 Å². The Morgan fingerprint density at radius 3 is 1.05 bits per heavy atom. The van der Waals surface area contributed by atoms with E-state index < -0.39 is 11.9 Å². The Bertz CT molecular complexity index is 4340. The molecule has 10 rings (SSSR count). The van der Waals surface area contributed by atoms with Crippen molar-refractivity contribution < 1.29 is 71.6 Å². The number of aryl methyl sites for hydroxylation is 8. The normalized spacial score (nSPS) is 10.8. The van der Waals surface area contributed by atoms with Gasteiger partial charge < -0.3 is 75.9 Å². The third-order valence-corrected chi connectivity index (χ3v) is 15.9. The number of hydrogen-bond donors (Lipinski definition) is 8. The molecule has 0 aromatic heterocycles. The van der Waals surface area contributed by atoms with Crippen LogP contribution in [0.5, 0.6) is 0 Å². The number of esters is 2. The van der Waals surface area contributed by atoms with E-state index in [4.69, 9.17) is 14.2 Å². The lowest BCUT2D eigenvalue weighted by molar-refractivity contribution is -0.145. The number of benzene rings is 9. The topological polar surface area (TPSA) is 312 Å². The van der Waals surface area contributed by atoms with Gasteiger partial charge in [0, 0.05) is 106 Å². The molecule has 117 heavy (non-hydrogen) atoms. The average molecular weight is 1600 g/mol. The standard InChI is InChI=1S/C14H20N2O2.C14H15N.C12H17NO3.C11H16N2O.2C11H13NO3.C10H13NO2.C9H11NO/c1-12-2-4-13(5-3-12)15-14(17)6-7-16-8-10-18-11-9-16;1-12-7-9-14(10-8-12)15-11-13-5-3-2-4-6-13;1-10-3-5-11(6-4-10)13-12(14)9-16-8-7-15-2;1-9-4-6-10(7-5-9)12-11(14)8-13(2)3;1-8-3-5-9(6-4-8)12-10(13)7-11(14)15-2;1-8-3-5-10(6-4-8)12-11(14)7-15-9(2)13;1-8-3-5-9(6-4-8)11-10(12)7-13-2;1-7-3-5-9(6-4-7)10-8(2)11/h2-5H,6-11H2,1H3,(H,15,17);2-10,15H,11H2,1H3;3-6H,7-9H2,1-2H3,(H,13,14);4-7H,8H2,1-3H3,(H,12,14);3-6H,7H2,1-2H3,(H,12,13);3-6H,7H2,1-2H3,(H,12,14);3-6H,7H2,1-2H3,(H,11,12);3-6H,1-2H3,(H,10,11). The smallest absolute Gasteiger partial charge is 0.315 e. The zero-order valence-corrected chi connectivity index (χ0v) is 70.3. The quantitative estimate of drug-likeness (QED) is 0.0142. The molecule has 0 unspecified atom stereocenters. The highest BCUT2D eigenvalue weighted by atomic mass is 16.5. The second-order valence-electron chi connectivity index (χ2n) is 27.2. The number of morpholine rings is 1. The summed E-state index contributed by atoms with van der Waals surface area (Å²) in [5, 5.41) is 22.5. The molecule has 8 N–H and O–H groups in total. The number of carbonyl (C=O) groups excluding carboxylic acids is 9. The second kappa shape index (κ2) is 58.6. The predicted molar refractivity (Wildman–Crippen MR) is 468 cm³/mol. The summed E-state index contributed by atoms with van der Waals surface area (Å²) in [6.45, 7) is 25.2. The lowest BCUT2D eigenvalue weighted by atomic mass is 10.2. The largest absolute Gasteiger partial charge is 0.469 e. The molecule has 9 aromatic rings. The number of methoxy groups -OCH3 is 3. The summed E-state index contributed by atoms with van der Waals surface area (Å²) in [6, 6.07) is 72.1. The summed E-state index contributed by atoms with van der Waals surface area (Å²) < 4.78 is 28.8. The van der Waals surface area contributed by atoms with Gasteiger partial charge in [-0.2, -0.15) is 0 Å². The molecule has 0 saturated carbocycles. The number of hydrogen-bond acceptors (Lipinski definition) is 18. The van der Waals surface area contributed by atoms with Crippen molar-refractivity contribution in [3.8, 4) is 0 Å². The Balaban J connectivity index is 0.000000347. The van der Waals surface area contributed by atoms with Gasteiger partial charge in [0.05, 0.1) is 40.1 Å². The van der Waals surface area contributed by atoms with E-state index in [0.717, 1.165) is 84.5 Å². The highest BCUT2D eigenvalue weighted by molar-refractivity contribution is 6.02. The van der Waals surface area contributed by atoms with Crippen LogP contribution in [0, 0.1) is 55.4 Å². The number of carbonyl (C=O) groups is 9. The first-order chi connectivity index (χ1) is 56.0. The van der Waals surface area contributed by atoms with E-state index in [9.17, 15) is 43.2 Å². The van der Waals surface area contributed by atoms with Crippen molar-refractivity contribution in [2.75, 3.05) is 150 Å². The zero-order chi connectivity index (χ0) is 86.1. The molecule has 626 valence electrons. The summed E-state index contributed by atoms with van der Waals surface area (Å²) in [6.07, 6.45) is 0.276. The third kappa shape index (κ3) is 50.6. The molecule has 1 saturated heterocycles. The molecule has 0 radical (unpaired) electrons. The van der Waals surface area contributed by atoms with Gasteiger partial charge in [-0.1, -0.05) is 172 Å². The SMILES string of the molecule is CC(=O)Nc1ccc(C)cc1.CC(=O)OCC(=O)Nc1ccc(C)cc1.COC(=O)CC(=O)Nc1ccc(C)cc1.COCC(=O)Nc1ccc(C)cc1.COCCOCC(=O)Nc1ccc(C)cc1.Cc1ccc(NC(=O)CCN2CCOCC2)cc1.Cc1ccc(NC(=O)CN(C)C)cc1.Cc1ccc(NCc2ccccc2)cc1. The molecule has 0 aliphatic carbocycles. The van der Waals surface area contributed by atoms with E-state index in [2.05, 4.69) is 117 Å². The van der Waals surface area contributed by atoms with Crippen molar-refractivity contribution in [2.24, 2.45) is 0 Å². The first-order valence-electron chi connectivity index (χ1n) is 38.1. The fourth-order valence-corrected chi connectivity index (χ4v) is 9.53. The Morgan fingerprint density at radius 1 is 0.376 bits per heavy atom. The maximum absolute atomic E-state index is 11.8. The maximum atomic E-state index is 11.8. The molecule has 25 nitrogen and oxygen atoms in total. The maximum Gasteiger partial charge on any atom is 0.315 e. The summed E-state index contributed by atoms with van der Waals surface area (Å²) in [4.78, 5) is 104. The van der Waals surface area contributed by atoms with Gasteiger partial charge in [-0.05, 0) is 172 Å². The van der Waals surface area contributed by atoms with Crippen molar-refractivity contribution in [3.05, 3.63) is 275 Å². The molecular weight excluding hydrogens is 1490 g/mol. The van der Waals surface area contributed by atoms with E-state index in [1.165, 1.54) is 67.1 Å². The molecular formula is C92H118N10O15. The Hall–Kier alpha value is -12.2. The Morgan fingerprint density at radius 2 is 0.709 bits per heavy atom. The minimum Gasteiger partial charge on any atom is -0.469 e. The molecule has 1 fully saturated rings. The van der Waals surface area contributed by atoms with Gasteiger partial charge in [-0.15, -0.1) is 0 Å². The Labute approximate surface area is 690 Å². The van der Waals surface area contributed by atoms with Gasteiger partial charge in [-0.3, -0.25) is 48.1 Å². The van der Waals surface area contributed by atoms with Gasteiger partial charge >= 0.3 is 11.9 Å². The number of ether oxygens (including phenoxy) is 6. The van der Waals surface area contributed by atoms with Gasteiger partial charge in [0.2, 0.25) is 35.4 Å². The second-order valence-corrected chi connectivity index (χ2v) is 27.2. The van der Waals surface area contributed by atoms with Crippen molar-refractivity contribution in [1.82, 2.24) is 9.80 Å². The summed E-state index contributed by atoms with van der Waals surface area (Å²) in [5.41, 5.74) is 17.4. The van der Waals surface area contributed by atoms with Gasteiger partial charge in [0.1, 0.15) is 19.6 Å². The van der Waals surface area contributed by atoms with E-state index >= 15 is 0 Å². The lowest BCUT2D eigenvalue weighted by Gasteiger charge is -2.26. The van der Waals surface area contributed by atoms with Gasteiger partial charge in [0.15, 0.2) is 6.61 Å². The monoisotopic (exact) mass is 1600 g/mol. The summed E-state index contributed by atoms with van der Waals surface area (Å²) in [5.74, 6) is -1.95. The van der Waals surface area contributed by atoms with E-state index in [1.54, 1.807) is 31.4 Å². The molecule has 1 aliphatic heterocycles. The average Bonchev–Trinajstić information content (AvgIpc) is 0.951. The number of anilines is 8. The van der Waals surface area contributed by atoms with Crippen molar-refractivity contribution >= 4 is 98.8 Å². The molecule has 0 spiro atoms. The lowest BCUT2D eigenvalue weighted by Crippen LogP contribution is -2.38. The fraction of sp³-hybridized carbons (Fsp3) is 0.315. The number of likely N-dealkylation sites (N-methyl/N-ethyl adjacent to an activating group) is 1. The van der Waals surface area contributed by atoms with Crippen LogP contribution in [0.2, 0.25) is 0 Å². The number of nitrogens with one attached hydrogen (secondary N) is 8. The molecule has 1 heterocycles. The zero-order valence-electron chi connectivity index (χ0n) is 70.3. The van der Waals surface area contributed by atoms with E-state index in [-0.39, 0.29) is 67.6 Å². The van der Waals surface area contributed by atoms with Crippen LogP contribution >= 0.6 is 0 Å². The number of nitrogens with zero attached hydrogens (tertiary/aromatic N) is 2. The van der Waals surface area contributed by atoms with Crippen LogP contribution in [-0.2, 0) is 78.1 Å². The fourth-order valence-electron chi connectivity index (χ4n) is 9.53. The van der Waals surface area contributed by atoms with Crippen molar-refractivity contribution in [1.29, 1.82) is 0 Å². The Kier molecular flexibility index (Phi) is 49.6. The molecule has 25 heteroatoms. The summed E-state index contributed by atoms with van der Waals surface area (Å²) in [7, 11) is 8.08. The number of rotatable bonds is 26. The van der Waals surface area contributed by atoms with Crippen LogP contribution in [0.3, 0.4) is 0 Å². The summed E-state index contributed by atoms with van der Waals surface area (Å²) >= 11 is 0. The highest BCUT2D eigenvalue weighted by Crippen LogP contribution is 2.16. The van der Waals surface area contributed by atoms with E-state index in [0.29, 0.717) is 37.6 Å². The predicted octanol–water partition coefficient (Wildman–Crippen LogP) is 14.9. The van der Waals surface area contributed by atoms with E-state index in [1.807, 2.05) is 219 Å². The number of amides is 7. The minimum atomic E-state index is -0.542. The first-order valence-corrected chi connectivity index (χ1v) is 38.1. The van der Waals surface area contributed by atoms with Crippen LogP contribution in [-0.4, -0.2) is 171 Å². The molecule has 7 amide bonds. The van der Waals surface area contributed by atoms with Crippen molar-refractivity contribution in [2.45, 2.75) is 88.6 Å². The van der Waals surface area contributed by atoms with Crippen molar-refractivity contribution in [3.63, 3.8) is 0 Å². The highest BCUT2D eigenvalue weighted by Gasteiger charge is 2.14.